The molecule has 6 nitrogen and oxygen atoms in total. The van der Waals surface area contributed by atoms with Gasteiger partial charge in [0.05, 0.1) is 28.8 Å². The first-order chi connectivity index (χ1) is 15.0. The van der Waals surface area contributed by atoms with Crippen molar-refractivity contribution >= 4 is 28.5 Å². The Kier molecular flexibility index (Phi) is 4.47. The number of halogens is 2. The van der Waals surface area contributed by atoms with E-state index in [1.807, 2.05) is 4.90 Å². The molecule has 1 aliphatic heterocycles. The van der Waals surface area contributed by atoms with E-state index in [1.54, 1.807) is 24.3 Å². The third-order valence-corrected chi connectivity index (χ3v) is 5.05. The average molecular weight is 419 g/mol. The van der Waals surface area contributed by atoms with Crippen molar-refractivity contribution in [2.24, 2.45) is 0 Å². The second kappa shape index (κ2) is 7.32. The number of aromatic nitrogens is 2. The van der Waals surface area contributed by atoms with Crippen LogP contribution < -0.4 is 9.64 Å². The van der Waals surface area contributed by atoms with E-state index in [2.05, 4.69) is 0 Å². The van der Waals surface area contributed by atoms with Gasteiger partial charge in [-0.25, -0.2) is 23.5 Å². The number of nitrogens with zero attached hydrogens (tertiary/aromatic N) is 3. The Bertz CT molecular complexity index is 1330. The Morgan fingerprint density at radius 2 is 1.71 bits per heavy atom. The quantitative estimate of drug-likeness (QED) is 0.514. The van der Waals surface area contributed by atoms with Gasteiger partial charge in [-0.15, -0.1) is 0 Å². The van der Waals surface area contributed by atoms with Crippen LogP contribution in [0.2, 0.25) is 0 Å². The molecule has 4 aromatic rings. The number of hydrogen-bond acceptors (Lipinski definition) is 5. The highest BCUT2D eigenvalue weighted by Crippen LogP contribution is 2.40. The Morgan fingerprint density at radius 3 is 2.48 bits per heavy atom. The molecule has 0 saturated carbocycles. The maximum absolute atomic E-state index is 13.7. The summed E-state index contributed by atoms with van der Waals surface area (Å²) in [6.45, 7) is 0.722. The van der Waals surface area contributed by atoms with Gasteiger partial charge in [0.25, 0.3) is 0 Å². The minimum absolute atomic E-state index is 0.0896. The largest absolute Gasteiger partial charge is 0.489 e. The third kappa shape index (κ3) is 3.42. The number of fused-ring (bicyclic) bond motifs is 2. The summed E-state index contributed by atoms with van der Waals surface area (Å²) >= 11 is 0. The molecule has 0 radical (unpaired) electrons. The molecule has 0 bridgehead atoms. The predicted octanol–water partition coefficient (Wildman–Crippen LogP) is 4.80. The standard InChI is InChI=1S/C23H15F2N3O3/c24-15-4-1-13(2-5-15)21-22(27-18-11-14(23(29)30)3-7-17(18)26-21)28-9-10-31-20-12-16(25)6-8-19(20)28/h1-8,11-12H,9-10H2,(H,29,30). The van der Waals surface area contributed by atoms with Gasteiger partial charge in [-0.2, -0.15) is 0 Å². The summed E-state index contributed by atoms with van der Waals surface area (Å²) in [6.07, 6.45) is 0. The van der Waals surface area contributed by atoms with E-state index in [1.165, 1.54) is 36.4 Å². The summed E-state index contributed by atoms with van der Waals surface area (Å²) in [7, 11) is 0. The number of ether oxygens (including phenoxy) is 1. The van der Waals surface area contributed by atoms with E-state index in [9.17, 15) is 18.7 Å². The number of hydrogen-bond donors (Lipinski definition) is 1. The van der Waals surface area contributed by atoms with Gasteiger partial charge < -0.3 is 14.7 Å². The van der Waals surface area contributed by atoms with Crippen molar-refractivity contribution in [3.05, 3.63) is 77.9 Å². The Hall–Kier alpha value is -4.07. The van der Waals surface area contributed by atoms with Gasteiger partial charge in [0, 0.05) is 11.6 Å². The lowest BCUT2D eigenvalue weighted by molar-refractivity contribution is 0.0697. The van der Waals surface area contributed by atoms with Gasteiger partial charge in [0.15, 0.2) is 5.82 Å². The maximum atomic E-state index is 13.7. The fourth-order valence-corrected chi connectivity index (χ4v) is 3.58. The van der Waals surface area contributed by atoms with E-state index in [-0.39, 0.29) is 11.4 Å². The van der Waals surface area contributed by atoms with Crippen LogP contribution in [0.5, 0.6) is 5.75 Å². The molecule has 1 N–H and O–H groups in total. The Morgan fingerprint density at radius 1 is 0.935 bits per heavy atom. The predicted molar refractivity (Wildman–Crippen MR) is 111 cm³/mol. The van der Waals surface area contributed by atoms with E-state index in [4.69, 9.17) is 14.7 Å². The topological polar surface area (TPSA) is 75.5 Å². The highest BCUT2D eigenvalue weighted by molar-refractivity contribution is 5.94. The van der Waals surface area contributed by atoms with Crippen molar-refractivity contribution in [1.29, 1.82) is 0 Å². The van der Waals surface area contributed by atoms with Crippen LogP contribution in [0.1, 0.15) is 10.4 Å². The van der Waals surface area contributed by atoms with Crippen LogP contribution in [0.15, 0.2) is 60.7 Å². The summed E-state index contributed by atoms with van der Waals surface area (Å²) in [5.41, 5.74) is 2.73. The summed E-state index contributed by atoms with van der Waals surface area (Å²) in [5.74, 6) is -1.05. The number of rotatable bonds is 3. The molecule has 0 aliphatic carbocycles. The van der Waals surface area contributed by atoms with Gasteiger partial charge >= 0.3 is 5.97 Å². The second-order valence-electron chi connectivity index (χ2n) is 7.02. The molecule has 0 spiro atoms. The number of benzene rings is 3. The van der Waals surface area contributed by atoms with Crippen LogP contribution in [0, 0.1) is 11.6 Å². The first-order valence-electron chi connectivity index (χ1n) is 9.50. The van der Waals surface area contributed by atoms with Gasteiger partial charge in [-0.3, -0.25) is 0 Å². The molecule has 8 heteroatoms. The van der Waals surface area contributed by atoms with E-state index in [0.29, 0.717) is 52.7 Å². The van der Waals surface area contributed by atoms with Crippen LogP contribution >= 0.6 is 0 Å². The fraction of sp³-hybridized carbons (Fsp3) is 0.0870. The van der Waals surface area contributed by atoms with E-state index >= 15 is 0 Å². The molecule has 0 atom stereocenters. The molecule has 31 heavy (non-hydrogen) atoms. The molecule has 3 aromatic carbocycles. The number of anilines is 2. The Balaban J connectivity index is 1.76. The fourth-order valence-electron chi connectivity index (χ4n) is 3.58. The lowest BCUT2D eigenvalue weighted by atomic mass is 10.1. The third-order valence-electron chi connectivity index (χ3n) is 5.05. The summed E-state index contributed by atoms with van der Waals surface area (Å²) < 4.78 is 32.8. The van der Waals surface area contributed by atoms with Gasteiger partial charge in [-0.1, -0.05) is 0 Å². The van der Waals surface area contributed by atoms with Crippen molar-refractivity contribution in [3.8, 4) is 17.0 Å². The molecule has 154 valence electrons. The molecular formula is C23H15F2N3O3. The smallest absolute Gasteiger partial charge is 0.335 e. The molecule has 0 fully saturated rings. The zero-order chi connectivity index (χ0) is 21.5. The zero-order valence-corrected chi connectivity index (χ0v) is 16.0. The SMILES string of the molecule is O=C(O)c1ccc2nc(-c3ccc(F)cc3)c(N3CCOc4cc(F)ccc43)nc2c1. The molecule has 5 rings (SSSR count). The Labute approximate surface area is 175 Å². The van der Waals surface area contributed by atoms with Crippen LogP contribution in [0.3, 0.4) is 0 Å². The minimum Gasteiger partial charge on any atom is -0.489 e. The van der Waals surface area contributed by atoms with Crippen LogP contribution in [0.4, 0.5) is 20.3 Å². The second-order valence-corrected chi connectivity index (χ2v) is 7.02. The number of carboxylic acids is 1. The molecule has 0 saturated heterocycles. The lowest BCUT2D eigenvalue weighted by Crippen LogP contribution is -2.30. The van der Waals surface area contributed by atoms with E-state index in [0.717, 1.165) is 0 Å². The molecule has 0 unspecified atom stereocenters. The summed E-state index contributed by atoms with van der Waals surface area (Å²) in [6, 6.07) is 14.6. The van der Waals surface area contributed by atoms with Crippen molar-refractivity contribution in [1.82, 2.24) is 9.97 Å². The average Bonchev–Trinajstić information content (AvgIpc) is 2.77. The summed E-state index contributed by atoms with van der Waals surface area (Å²) in [4.78, 5) is 22.7. The molecular weight excluding hydrogens is 404 g/mol. The lowest BCUT2D eigenvalue weighted by Gasteiger charge is -2.31. The zero-order valence-electron chi connectivity index (χ0n) is 16.0. The number of carboxylic acid groups (broad SMARTS) is 1. The van der Waals surface area contributed by atoms with Crippen molar-refractivity contribution < 1.29 is 23.4 Å². The number of carbonyl (C=O) groups is 1. The van der Waals surface area contributed by atoms with Gasteiger partial charge in [0.2, 0.25) is 0 Å². The minimum atomic E-state index is -1.07. The summed E-state index contributed by atoms with van der Waals surface area (Å²) in [5, 5.41) is 9.33. The van der Waals surface area contributed by atoms with Crippen molar-refractivity contribution in [2.45, 2.75) is 0 Å². The van der Waals surface area contributed by atoms with Crippen LogP contribution in [0.25, 0.3) is 22.3 Å². The molecule has 1 aromatic heterocycles. The van der Waals surface area contributed by atoms with Crippen molar-refractivity contribution in [3.63, 3.8) is 0 Å². The van der Waals surface area contributed by atoms with Crippen LogP contribution in [-0.2, 0) is 0 Å². The van der Waals surface area contributed by atoms with E-state index < -0.39 is 11.8 Å². The first-order valence-corrected chi connectivity index (χ1v) is 9.50. The molecule has 1 aliphatic rings. The maximum Gasteiger partial charge on any atom is 0.335 e. The first kappa shape index (κ1) is 18.9. The number of aromatic carboxylic acids is 1. The van der Waals surface area contributed by atoms with Gasteiger partial charge in [-0.05, 0) is 54.6 Å². The normalized spacial score (nSPS) is 13.0. The highest BCUT2D eigenvalue weighted by Gasteiger charge is 2.25. The highest BCUT2D eigenvalue weighted by atomic mass is 19.1. The monoisotopic (exact) mass is 419 g/mol. The van der Waals surface area contributed by atoms with Crippen molar-refractivity contribution in [2.75, 3.05) is 18.1 Å². The molecule has 2 heterocycles. The molecule has 0 amide bonds. The van der Waals surface area contributed by atoms with Gasteiger partial charge in [0.1, 0.15) is 29.7 Å². The van der Waals surface area contributed by atoms with Crippen LogP contribution in [-0.4, -0.2) is 34.2 Å².